The number of hydrogen-bond donors (Lipinski definition) is 1. The van der Waals surface area contributed by atoms with Gasteiger partial charge in [0, 0.05) is 18.7 Å². The number of hydrogen-bond acceptors (Lipinski definition) is 4. The second-order valence-corrected chi connectivity index (χ2v) is 5.21. The maximum Gasteiger partial charge on any atom is 0.143 e. The highest BCUT2D eigenvalue weighted by Gasteiger charge is 2.03. The van der Waals surface area contributed by atoms with Crippen molar-refractivity contribution in [1.29, 1.82) is 0 Å². The first-order chi connectivity index (χ1) is 7.75. The molecule has 2 heterocycles. The van der Waals surface area contributed by atoms with Gasteiger partial charge in [0.1, 0.15) is 10.3 Å². The molecule has 0 atom stereocenters. The van der Waals surface area contributed by atoms with E-state index in [0.717, 1.165) is 29.7 Å². The van der Waals surface area contributed by atoms with Crippen LogP contribution >= 0.6 is 11.3 Å². The number of aryl methyl sites for hydroxylation is 1. The minimum Gasteiger partial charge on any atom is -0.315 e. The van der Waals surface area contributed by atoms with Crippen LogP contribution in [0.25, 0.3) is 10.3 Å². The summed E-state index contributed by atoms with van der Waals surface area (Å²) in [7, 11) is 0. The van der Waals surface area contributed by atoms with Crippen molar-refractivity contribution in [3.63, 3.8) is 0 Å². The maximum absolute atomic E-state index is 4.56. The molecule has 0 amide bonds. The lowest BCUT2D eigenvalue weighted by Gasteiger charge is -2.05. The summed E-state index contributed by atoms with van der Waals surface area (Å²) in [5.74, 6) is 0. The van der Waals surface area contributed by atoms with Crippen LogP contribution in [0.3, 0.4) is 0 Å². The number of nitrogens with one attached hydrogen (secondary N) is 1. The Labute approximate surface area is 99.9 Å². The molecule has 0 unspecified atom stereocenters. The molecule has 1 N–H and O–H groups in total. The monoisotopic (exact) mass is 235 g/mol. The quantitative estimate of drug-likeness (QED) is 0.810. The summed E-state index contributed by atoms with van der Waals surface area (Å²) in [4.78, 5) is 9.91. The fourth-order valence-corrected chi connectivity index (χ4v) is 2.50. The third kappa shape index (κ3) is 3.00. The van der Waals surface area contributed by atoms with E-state index in [4.69, 9.17) is 0 Å². The molecule has 0 bridgehead atoms. The van der Waals surface area contributed by atoms with Gasteiger partial charge < -0.3 is 5.32 Å². The Morgan fingerprint density at radius 1 is 1.44 bits per heavy atom. The van der Waals surface area contributed by atoms with Crippen LogP contribution in [-0.2, 0) is 6.42 Å². The molecule has 4 heteroatoms. The van der Waals surface area contributed by atoms with Crippen molar-refractivity contribution in [1.82, 2.24) is 15.3 Å². The smallest absolute Gasteiger partial charge is 0.143 e. The maximum atomic E-state index is 4.56. The molecule has 2 aromatic rings. The summed E-state index contributed by atoms with van der Waals surface area (Å²) in [6.45, 7) is 5.39. The molecule has 0 aliphatic heterocycles. The number of pyridine rings is 1. The largest absolute Gasteiger partial charge is 0.315 e. The van der Waals surface area contributed by atoms with Gasteiger partial charge in [0.2, 0.25) is 0 Å². The van der Waals surface area contributed by atoms with Gasteiger partial charge in [0.25, 0.3) is 0 Å². The van der Waals surface area contributed by atoms with E-state index < -0.39 is 0 Å². The molecule has 0 spiro atoms. The zero-order valence-corrected chi connectivity index (χ0v) is 10.5. The first-order valence-electron chi connectivity index (χ1n) is 5.69. The Balaban J connectivity index is 1.89. The number of aromatic nitrogens is 2. The first kappa shape index (κ1) is 11.5. The molecule has 3 nitrogen and oxygen atoms in total. The van der Waals surface area contributed by atoms with E-state index in [-0.39, 0.29) is 0 Å². The van der Waals surface area contributed by atoms with Gasteiger partial charge >= 0.3 is 0 Å². The van der Waals surface area contributed by atoms with Crippen LogP contribution in [0, 0.1) is 0 Å². The van der Waals surface area contributed by atoms with E-state index in [2.05, 4.69) is 29.1 Å². The average Bonchev–Trinajstić information content (AvgIpc) is 2.66. The Bertz CT molecular complexity index is 417. The summed E-state index contributed by atoms with van der Waals surface area (Å²) < 4.78 is 0. The van der Waals surface area contributed by atoms with Crippen LogP contribution in [0.1, 0.15) is 25.3 Å². The van der Waals surface area contributed by atoms with Crippen LogP contribution < -0.4 is 5.32 Å². The predicted octanol–water partition coefficient (Wildman–Crippen LogP) is 2.62. The molecule has 0 saturated carbocycles. The zero-order valence-electron chi connectivity index (χ0n) is 9.73. The van der Waals surface area contributed by atoms with Gasteiger partial charge in [-0.3, -0.25) is 0 Å². The van der Waals surface area contributed by atoms with Crippen molar-refractivity contribution in [3.05, 3.63) is 23.3 Å². The van der Waals surface area contributed by atoms with Crippen molar-refractivity contribution in [3.8, 4) is 0 Å². The fraction of sp³-hybridized carbons (Fsp3) is 0.500. The second-order valence-electron chi connectivity index (χ2n) is 4.15. The van der Waals surface area contributed by atoms with Gasteiger partial charge in [-0.15, -0.1) is 0 Å². The fourth-order valence-electron chi connectivity index (χ4n) is 1.55. The number of nitrogens with zero attached hydrogens (tertiary/aromatic N) is 2. The van der Waals surface area contributed by atoms with Gasteiger partial charge in [-0.2, -0.15) is 0 Å². The highest BCUT2D eigenvalue weighted by atomic mass is 32.1. The first-order valence-corrected chi connectivity index (χ1v) is 6.51. The standard InChI is InChI=1S/C12H17N3S/c1-9(2)13-7-4-6-11-15-10-5-3-8-14-12(10)16-11/h3,5,8-9,13H,4,6-7H2,1-2H3. The summed E-state index contributed by atoms with van der Waals surface area (Å²) >= 11 is 1.71. The van der Waals surface area contributed by atoms with Crippen molar-refractivity contribution in [2.75, 3.05) is 6.54 Å². The Morgan fingerprint density at radius 3 is 3.06 bits per heavy atom. The number of rotatable bonds is 5. The lowest BCUT2D eigenvalue weighted by atomic mass is 10.3. The second kappa shape index (κ2) is 5.37. The topological polar surface area (TPSA) is 37.8 Å². The molecule has 2 aromatic heterocycles. The zero-order chi connectivity index (χ0) is 11.4. The Kier molecular flexibility index (Phi) is 3.85. The van der Waals surface area contributed by atoms with Crippen molar-refractivity contribution < 1.29 is 0 Å². The van der Waals surface area contributed by atoms with Gasteiger partial charge in [-0.05, 0) is 25.1 Å². The summed E-state index contributed by atoms with van der Waals surface area (Å²) in [6, 6.07) is 4.53. The van der Waals surface area contributed by atoms with E-state index in [0.29, 0.717) is 6.04 Å². The molecule has 16 heavy (non-hydrogen) atoms. The number of fused-ring (bicyclic) bond motifs is 1. The van der Waals surface area contributed by atoms with E-state index in [9.17, 15) is 0 Å². The summed E-state index contributed by atoms with van der Waals surface area (Å²) in [6.07, 6.45) is 4.00. The lowest BCUT2D eigenvalue weighted by Crippen LogP contribution is -2.23. The molecule has 0 saturated heterocycles. The van der Waals surface area contributed by atoms with E-state index >= 15 is 0 Å². The van der Waals surface area contributed by atoms with Crippen molar-refractivity contribution in [2.24, 2.45) is 0 Å². The number of thiazole rings is 1. The van der Waals surface area contributed by atoms with Crippen LogP contribution in [0.4, 0.5) is 0 Å². The molecule has 0 radical (unpaired) electrons. The Morgan fingerprint density at radius 2 is 2.31 bits per heavy atom. The third-order valence-electron chi connectivity index (χ3n) is 2.33. The van der Waals surface area contributed by atoms with Gasteiger partial charge in [-0.25, -0.2) is 9.97 Å². The minimum atomic E-state index is 0.567. The normalized spacial score (nSPS) is 11.4. The molecule has 0 aliphatic carbocycles. The SMILES string of the molecule is CC(C)NCCCc1nc2cccnc2s1. The molecule has 0 aromatic carbocycles. The Hall–Kier alpha value is -1.00. The van der Waals surface area contributed by atoms with Gasteiger partial charge in [-0.1, -0.05) is 25.2 Å². The highest BCUT2D eigenvalue weighted by Crippen LogP contribution is 2.19. The third-order valence-corrected chi connectivity index (χ3v) is 3.37. The van der Waals surface area contributed by atoms with E-state index in [1.165, 1.54) is 5.01 Å². The van der Waals surface area contributed by atoms with Crippen molar-refractivity contribution in [2.45, 2.75) is 32.7 Å². The van der Waals surface area contributed by atoms with Crippen LogP contribution in [-0.4, -0.2) is 22.6 Å². The van der Waals surface area contributed by atoms with Gasteiger partial charge in [0.05, 0.1) is 5.01 Å². The van der Waals surface area contributed by atoms with Crippen LogP contribution in [0.5, 0.6) is 0 Å². The van der Waals surface area contributed by atoms with Crippen LogP contribution in [0.2, 0.25) is 0 Å². The molecule has 0 aliphatic rings. The van der Waals surface area contributed by atoms with Gasteiger partial charge in [0.15, 0.2) is 0 Å². The minimum absolute atomic E-state index is 0.567. The van der Waals surface area contributed by atoms with Crippen molar-refractivity contribution >= 4 is 21.7 Å². The lowest BCUT2D eigenvalue weighted by molar-refractivity contribution is 0.570. The molecule has 86 valence electrons. The summed E-state index contributed by atoms with van der Waals surface area (Å²) in [5, 5.41) is 4.60. The average molecular weight is 235 g/mol. The molecule has 0 fully saturated rings. The van der Waals surface area contributed by atoms with Crippen LogP contribution in [0.15, 0.2) is 18.3 Å². The summed E-state index contributed by atoms with van der Waals surface area (Å²) in [5.41, 5.74) is 1.03. The molecule has 2 rings (SSSR count). The molecular formula is C12H17N3S. The predicted molar refractivity (Wildman–Crippen MR) is 68.9 cm³/mol. The highest BCUT2D eigenvalue weighted by molar-refractivity contribution is 7.18. The van der Waals surface area contributed by atoms with E-state index in [1.807, 2.05) is 18.3 Å². The molecular weight excluding hydrogens is 218 g/mol. The van der Waals surface area contributed by atoms with E-state index in [1.54, 1.807) is 11.3 Å².